The van der Waals surface area contributed by atoms with Crippen molar-refractivity contribution in [2.75, 3.05) is 13.2 Å². The number of amides is 1. The zero-order chi connectivity index (χ0) is 20.9. The Morgan fingerprint density at radius 2 is 1.80 bits per heavy atom. The summed E-state index contributed by atoms with van der Waals surface area (Å²) in [4.78, 5) is 25.2. The van der Waals surface area contributed by atoms with Crippen LogP contribution in [0.1, 0.15) is 61.6 Å². The van der Waals surface area contributed by atoms with Crippen LogP contribution in [-0.2, 0) is 9.53 Å². The Labute approximate surface area is 176 Å². The average Bonchev–Trinajstić information content (AvgIpc) is 3.01. The minimum atomic E-state index is -0.609. The molecule has 6 nitrogen and oxygen atoms in total. The van der Waals surface area contributed by atoms with Crippen LogP contribution in [-0.4, -0.2) is 30.6 Å². The quantitative estimate of drug-likeness (QED) is 0.714. The summed E-state index contributed by atoms with van der Waals surface area (Å²) in [5.74, 6) is 2.29. The average molecular weight is 411 g/mol. The van der Waals surface area contributed by atoms with Crippen LogP contribution in [0.15, 0.2) is 22.6 Å². The summed E-state index contributed by atoms with van der Waals surface area (Å²) >= 11 is 0. The Bertz CT molecular complexity index is 956. The van der Waals surface area contributed by atoms with E-state index in [1.165, 1.54) is 19.3 Å². The van der Waals surface area contributed by atoms with Gasteiger partial charge in [0.15, 0.2) is 6.61 Å². The number of hydrogen-bond acceptors (Lipinski definition) is 5. The SMILES string of the molecule is CCOc1ccc2oc(C(=O)OCC(=O)NC34CC5CC(CC(C5)C3)C4)c(C)c2c1. The molecule has 4 fully saturated rings. The number of rotatable bonds is 6. The van der Waals surface area contributed by atoms with Crippen LogP contribution in [0.25, 0.3) is 11.0 Å². The van der Waals surface area contributed by atoms with Crippen molar-refractivity contribution < 1.29 is 23.5 Å². The molecule has 4 saturated carbocycles. The van der Waals surface area contributed by atoms with Crippen molar-refractivity contribution in [2.45, 2.75) is 57.9 Å². The molecule has 1 heterocycles. The van der Waals surface area contributed by atoms with E-state index in [2.05, 4.69) is 5.32 Å². The molecule has 160 valence electrons. The second kappa shape index (κ2) is 7.33. The standard InChI is InChI=1S/C24H29NO5/c1-3-28-18-4-5-20-19(9-18)14(2)22(30-20)23(27)29-13-21(26)25-24-10-15-6-16(11-24)8-17(7-15)12-24/h4-5,9,15-17H,3,6-8,10-13H2,1-2H3,(H,25,26). The van der Waals surface area contributed by atoms with Gasteiger partial charge in [-0.25, -0.2) is 4.79 Å². The fourth-order valence-corrected chi connectivity index (χ4v) is 6.44. The van der Waals surface area contributed by atoms with E-state index in [4.69, 9.17) is 13.9 Å². The van der Waals surface area contributed by atoms with Gasteiger partial charge >= 0.3 is 5.97 Å². The molecule has 1 aromatic heterocycles. The first kappa shape index (κ1) is 19.5. The first-order chi connectivity index (χ1) is 14.4. The number of ether oxygens (including phenoxy) is 2. The Morgan fingerprint density at radius 3 is 2.43 bits per heavy atom. The normalized spacial score (nSPS) is 29.2. The molecule has 1 aromatic carbocycles. The molecule has 2 aromatic rings. The van der Waals surface area contributed by atoms with Crippen molar-refractivity contribution in [2.24, 2.45) is 17.8 Å². The number of hydrogen-bond donors (Lipinski definition) is 1. The number of carbonyl (C=O) groups excluding carboxylic acids is 2. The van der Waals surface area contributed by atoms with Crippen molar-refractivity contribution in [3.63, 3.8) is 0 Å². The Kier molecular flexibility index (Phi) is 4.75. The number of carbonyl (C=O) groups is 2. The van der Waals surface area contributed by atoms with Crippen molar-refractivity contribution in [3.05, 3.63) is 29.5 Å². The first-order valence-corrected chi connectivity index (χ1v) is 11.1. The van der Waals surface area contributed by atoms with Crippen LogP contribution < -0.4 is 10.1 Å². The Balaban J connectivity index is 1.23. The van der Waals surface area contributed by atoms with Crippen molar-refractivity contribution in [1.29, 1.82) is 0 Å². The molecule has 1 N–H and O–H groups in total. The molecule has 0 aliphatic heterocycles. The Hall–Kier alpha value is -2.50. The lowest BCUT2D eigenvalue weighted by Gasteiger charge is -2.56. The number of furan rings is 1. The fraction of sp³-hybridized carbons (Fsp3) is 0.583. The van der Waals surface area contributed by atoms with Gasteiger partial charge in [-0.1, -0.05) is 0 Å². The van der Waals surface area contributed by atoms with Crippen LogP contribution in [0, 0.1) is 24.7 Å². The molecule has 0 atom stereocenters. The molecule has 4 bridgehead atoms. The molecule has 0 radical (unpaired) electrons. The zero-order valence-corrected chi connectivity index (χ0v) is 17.7. The van der Waals surface area contributed by atoms with Gasteiger partial charge in [0.25, 0.3) is 5.91 Å². The number of fused-ring (bicyclic) bond motifs is 1. The number of nitrogens with one attached hydrogen (secondary N) is 1. The van der Waals surface area contributed by atoms with Gasteiger partial charge in [0, 0.05) is 16.5 Å². The van der Waals surface area contributed by atoms with Crippen LogP contribution in [0.4, 0.5) is 0 Å². The van der Waals surface area contributed by atoms with Crippen LogP contribution in [0.2, 0.25) is 0 Å². The van der Waals surface area contributed by atoms with Crippen molar-refractivity contribution in [3.8, 4) is 5.75 Å². The first-order valence-electron chi connectivity index (χ1n) is 11.1. The summed E-state index contributed by atoms with van der Waals surface area (Å²) in [6.07, 6.45) is 7.18. The number of aryl methyl sites for hydroxylation is 1. The monoisotopic (exact) mass is 411 g/mol. The van der Waals surface area contributed by atoms with Gasteiger partial charge in [0.2, 0.25) is 5.76 Å². The molecule has 6 heteroatoms. The van der Waals surface area contributed by atoms with Crippen molar-refractivity contribution in [1.82, 2.24) is 5.32 Å². The van der Waals surface area contributed by atoms with Crippen LogP contribution in [0.3, 0.4) is 0 Å². The van der Waals surface area contributed by atoms with Gasteiger partial charge in [-0.3, -0.25) is 4.79 Å². The van der Waals surface area contributed by atoms with Gasteiger partial charge in [0.1, 0.15) is 11.3 Å². The predicted octanol–water partition coefficient (Wildman–Crippen LogP) is 4.38. The summed E-state index contributed by atoms with van der Waals surface area (Å²) in [5.41, 5.74) is 1.21. The minimum Gasteiger partial charge on any atom is -0.494 e. The lowest BCUT2D eigenvalue weighted by Crippen LogP contribution is -2.60. The summed E-state index contributed by atoms with van der Waals surface area (Å²) < 4.78 is 16.5. The topological polar surface area (TPSA) is 77.8 Å². The predicted molar refractivity (Wildman–Crippen MR) is 111 cm³/mol. The second-order valence-electron chi connectivity index (χ2n) is 9.47. The van der Waals surface area contributed by atoms with Gasteiger partial charge in [-0.2, -0.15) is 0 Å². The molecule has 4 aliphatic carbocycles. The van der Waals surface area contributed by atoms with E-state index < -0.39 is 5.97 Å². The zero-order valence-electron chi connectivity index (χ0n) is 17.7. The summed E-state index contributed by atoms with van der Waals surface area (Å²) in [6, 6.07) is 5.45. The molecule has 1 amide bonds. The largest absolute Gasteiger partial charge is 0.494 e. The molecule has 4 aliphatic rings. The Morgan fingerprint density at radius 1 is 1.13 bits per heavy atom. The van der Waals surface area contributed by atoms with Crippen molar-refractivity contribution >= 4 is 22.8 Å². The smallest absolute Gasteiger partial charge is 0.375 e. The van der Waals surface area contributed by atoms with E-state index in [1.54, 1.807) is 6.07 Å². The van der Waals surface area contributed by atoms with E-state index in [0.717, 1.165) is 48.2 Å². The minimum absolute atomic E-state index is 0.0802. The fourth-order valence-electron chi connectivity index (χ4n) is 6.44. The van der Waals surface area contributed by atoms with E-state index in [-0.39, 0.29) is 23.8 Å². The molecule has 0 spiro atoms. The summed E-state index contributed by atoms with van der Waals surface area (Å²) in [5, 5.41) is 4.04. The maximum absolute atomic E-state index is 12.6. The molecule has 0 saturated heterocycles. The molecular weight excluding hydrogens is 382 g/mol. The molecular formula is C24H29NO5. The van der Waals surface area contributed by atoms with Crippen LogP contribution in [0.5, 0.6) is 5.75 Å². The highest BCUT2D eigenvalue weighted by atomic mass is 16.5. The third kappa shape index (κ3) is 3.46. The highest BCUT2D eigenvalue weighted by Gasteiger charge is 2.51. The van der Waals surface area contributed by atoms with E-state index in [1.807, 2.05) is 26.0 Å². The van der Waals surface area contributed by atoms with E-state index in [0.29, 0.717) is 17.8 Å². The van der Waals surface area contributed by atoms with E-state index >= 15 is 0 Å². The van der Waals surface area contributed by atoms with E-state index in [9.17, 15) is 9.59 Å². The number of benzene rings is 1. The summed E-state index contributed by atoms with van der Waals surface area (Å²) in [6.45, 7) is 4.02. The highest BCUT2D eigenvalue weighted by Crippen LogP contribution is 2.55. The van der Waals surface area contributed by atoms with Gasteiger partial charge in [-0.05, 0) is 88.3 Å². The maximum atomic E-state index is 12.6. The lowest BCUT2D eigenvalue weighted by atomic mass is 9.53. The van der Waals surface area contributed by atoms with Gasteiger partial charge in [0.05, 0.1) is 6.61 Å². The molecule has 0 unspecified atom stereocenters. The van der Waals surface area contributed by atoms with Gasteiger partial charge in [-0.15, -0.1) is 0 Å². The maximum Gasteiger partial charge on any atom is 0.375 e. The second-order valence-corrected chi connectivity index (χ2v) is 9.47. The molecule has 30 heavy (non-hydrogen) atoms. The lowest BCUT2D eigenvalue weighted by molar-refractivity contribution is -0.130. The number of esters is 1. The third-order valence-electron chi connectivity index (χ3n) is 7.18. The molecule has 6 rings (SSSR count). The van der Waals surface area contributed by atoms with Crippen LogP contribution >= 0.6 is 0 Å². The third-order valence-corrected chi connectivity index (χ3v) is 7.18. The summed E-state index contributed by atoms with van der Waals surface area (Å²) in [7, 11) is 0. The van der Waals surface area contributed by atoms with Gasteiger partial charge < -0.3 is 19.2 Å². The highest BCUT2D eigenvalue weighted by molar-refractivity contribution is 5.97.